The maximum Gasteiger partial charge on any atom is 0.315 e. The van der Waals surface area contributed by atoms with Gasteiger partial charge in [-0.1, -0.05) is 45.0 Å². The van der Waals surface area contributed by atoms with E-state index in [1.807, 2.05) is 24.4 Å². The average molecular weight is 525 g/mol. The van der Waals surface area contributed by atoms with E-state index in [9.17, 15) is 27.6 Å². The van der Waals surface area contributed by atoms with Crippen molar-refractivity contribution in [3.05, 3.63) is 71.0 Å². The van der Waals surface area contributed by atoms with Crippen LogP contribution in [-0.4, -0.2) is 48.1 Å². The molecule has 0 saturated heterocycles. The highest BCUT2D eigenvalue weighted by atomic mass is 19.3. The smallest absolute Gasteiger partial charge is 0.315 e. The van der Waals surface area contributed by atoms with Crippen molar-refractivity contribution in [1.29, 1.82) is 0 Å². The first-order valence-corrected chi connectivity index (χ1v) is 11.8. The van der Waals surface area contributed by atoms with E-state index < -0.39 is 35.9 Å². The van der Waals surface area contributed by atoms with E-state index in [0.717, 1.165) is 25.3 Å². The minimum atomic E-state index is -3.23. The van der Waals surface area contributed by atoms with Crippen molar-refractivity contribution in [3.63, 3.8) is 0 Å². The number of hydrogen-bond acceptors (Lipinski definition) is 4. The number of hydroxylamine groups is 1. The van der Waals surface area contributed by atoms with E-state index in [4.69, 9.17) is 5.21 Å². The maximum atomic E-state index is 13.6. The molecule has 0 bridgehead atoms. The fraction of sp³-hybridized carbons (Fsp3) is 0.423. The summed E-state index contributed by atoms with van der Waals surface area (Å²) in [6, 6.07) is 10.1. The molecule has 3 unspecified atom stereocenters. The first-order valence-electron chi connectivity index (χ1n) is 11.8. The quantitative estimate of drug-likeness (QED) is 0.250. The number of hydrogen-bond donors (Lipinski definition) is 5. The summed E-state index contributed by atoms with van der Waals surface area (Å²) in [5.74, 6) is -1.73. The summed E-state index contributed by atoms with van der Waals surface area (Å²) < 4.78 is 39.7. The number of benzene rings is 2. The van der Waals surface area contributed by atoms with Gasteiger partial charge in [0.25, 0.3) is 18.2 Å². The van der Waals surface area contributed by atoms with Gasteiger partial charge in [-0.25, -0.2) is 23.4 Å². The minimum Gasteiger partial charge on any atom is -0.341 e. The van der Waals surface area contributed by atoms with Crippen molar-refractivity contribution in [2.45, 2.75) is 64.5 Å². The molecule has 0 fully saturated rings. The molecule has 0 heterocycles. The van der Waals surface area contributed by atoms with Crippen LogP contribution in [0.1, 0.15) is 61.5 Å². The van der Waals surface area contributed by atoms with Crippen LogP contribution >= 0.6 is 0 Å². The summed E-state index contributed by atoms with van der Waals surface area (Å²) in [6.07, 6.45) is -1.38. The Kier molecular flexibility index (Phi) is 12.6. The lowest BCUT2D eigenvalue weighted by Crippen LogP contribution is -2.69. The molecule has 2 rings (SSSR count). The second-order valence-electron chi connectivity index (χ2n) is 8.58. The van der Waals surface area contributed by atoms with Crippen LogP contribution in [0.25, 0.3) is 0 Å². The highest BCUT2D eigenvalue weighted by molar-refractivity contribution is 5.98. The standard InChI is InChI=1S/C16H22F2N4O4.C10H13F/c1-4-9-5-7-10(8-6-9)12(23)20-11(13(24)22-26)16(2,14(17)18)21-15(25)19-3;1-3-8(2)9-4-6-10(11)7-5-9/h5-8,11,14,26H,4H2,1-3H3,(H,20,23)(H,22,24)(H2,19,21,25);4-8H,3H2,1-2H3. The van der Waals surface area contributed by atoms with Gasteiger partial charge in [-0.3, -0.25) is 14.8 Å². The number of urea groups is 1. The molecule has 0 aromatic heterocycles. The van der Waals surface area contributed by atoms with Gasteiger partial charge in [-0.15, -0.1) is 0 Å². The number of nitrogens with one attached hydrogen (secondary N) is 4. The molecule has 8 nitrogen and oxygen atoms in total. The average Bonchev–Trinajstić information content (AvgIpc) is 2.91. The summed E-state index contributed by atoms with van der Waals surface area (Å²) in [5, 5.41) is 15.0. The molecule has 0 radical (unpaired) electrons. The zero-order chi connectivity index (χ0) is 28.2. The number of rotatable bonds is 9. The summed E-state index contributed by atoms with van der Waals surface area (Å²) in [4.78, 5) is 35.8. The van der Waals surface area contributed by atoms with Gasteiger partial charge in [0.1, 0.15) is 17.4 Å². The number of aryl methyl sites for hydroxylation is 1. The van der Waals surface area contributed by atoms with Gasteiger partial charge in [0.15, 0.2) is 0 Å². The Bertz CT molecular complexity index is 1020. The van der Waals surface area contributed by atoms with Gasteiger partial charge >= 0.3 is 6.03 Å². The van der Waals surface area contributed by atoms with E-state index in [-0.39, 0.29) is 11.4 Å². The Morgan fingerprint density at radius 1 is 1.00 bits per heavy atom. The number of alkyl halides is 2. The zero-order valence-electron chi connectivity index (χ0n) is 21.6. The Morgan fingerprint density at radius 3 is 2.00 bits per heavy atom. The van der Waals surface area contributed by atoms with Crippen LogP contribution in [-0.2, 0) is 11.2 Å². The molecule has 5 N–H and O–H groups in total. The predicted octanol–water partition coefficient (Wildman–Crippen LogP) is 4.14. The summed E-state index contributed by atoms with van der Waals surface area (Å²) in [5.41, 5.74) is 1.07. The Labute approximate surface area is 215 Å². The molecule has 37 heavy (non-hydrogen) atoms. The molecule has 0 aliphatic carbocycles. The monoisotopic (exact) mass is 524 g/mol. The molecular formula is C26H35F3N4O4. The molecular weight excluding hydrogens is 489 g/mol. The van der Waals surface area contributed by atoms with Crippen LogP contribution in [0.2, 0.25) is 0 Å². The molecule has 0 spiro atoms. The molecule has 0 aliphatic rings. The van der Waals surface area contributed by atoms with Crippen LogP contribution in [0.3, 0.4) is 0 Å². The SMILES string of the molecule is CCC(C)c1ccc(F)cc1.CCc1ccc(C(=O)NC(C(=O)NO)C(C)(NC(=O)NC)C(F)F)cc1. The van der Waals surface area contributed by atoms with Gasteiger partial charge < -0.3 is 16.0 Å². The summed E-state index contributed by atoms with van der Waals surface area (Å²) in [7, 11) is 1.20. The van der Waals surface area contributed by atoms with Gasteiger partial charge in [-0.05, 0) is 61.1 Å². The second kappa shape index (κ2) is 14.8. The van der Waals surface area contributed by atoms with Crippen molar-refractivity contribution in [2.75, 3.05) is 7.05 Å². The fourth-order valence-electron chi connectivity index (χ4n) is 3.25. The van der Waals surface area contributed by atoms with Gasteiger partial charge in [0.05, 0.1) is 0 Å². The van der Waals surface area contributed by atoms with E-state index in [1.165, 1.54) is 42.4 Å². The predicted molar refractivity (Wildman–Crippen MR) is 134 cm³/mol. The van der Waals surface area contributed by atoms with Crippen molar-refractivity contribution in [1.82, 2.24) is 21.4 Å². The van der Waals surface area contributed by atoms with Crippen molar-refractivity contribution in [3.8, 4) is 0 Å². The van der Waals surface area contributed by atoms with E-state index in [0.29, 0.717) is 5.92 Å². The topological polar surface area (TPSA) is 120 Å². The third-order valence-corrected chi connectivity index (χ3v) is 5.99. The van der Waals surface area contributed by atoms with E-state index in [2.05, 4.69) is 24.5 Å². The van der Waals surface area contributed by atoms with Crippen molar-refractivity contribution < 1.29 is 32.8 Å². The van der Waals surface area contributed by atoms with Crippen molar-refractivity contribution in [2.24, 2.45) is 0 Å². The first-order chi connectivity index (χ1) is 17.4. The molecule has 0 aliphatic heterocycles. The molecule has 2 aromatic rings. The third kappa shape index (κ3) is 9.09. The van der Waals surface area contributed by atoms with E-state index >= 15 is 0 Å². The summed E-state index contributed by atoms with van der Waals surface area (Å²) in [6.45, 7) is 7.09. The maximum absolute atomic E-state index is 13.6. The lowest BCUT2D eigenvalue weighted by molar-refractivity contribution is -0.135. The highest BCUT2D eigenvalue weighted by Crippen LogP contribution is 2.21. The first kappa shape index (κ1) is 31.4. The van der Waals surface area contributed by atoms with Crippen LogP contribution in [0, 0.1) is 5.82 Å². The zero-order valence-corrected chi connectivity index (χ0v) is 21.6. The Hall–Kier alpha value is -3.60. The number of amides is 4. The van der Waals surface area contributed by atoms with Gasteiger partial charge in [0.2, 0.25) is 0 Å². The fourth-order valence-corrected chi connectivity index (χ4v) is 3.25. The van der Waals surface area contributed by atoms with Gasteiger partial charge in [-0.2, -0.15) is 0 Å². The minimum absolute atomic E-state index is 0.134. The Balaban J connectivity index is 0.000000516. The molecule has 0 saturated carbocycles. The van der Waals surface area contributed by atoms with Gasteiger partial charge in [0, 0.05) is 12.6 Å². The number of carbonyl (C=O) groups excluding carboxylic acids is 3. The van der Waals surface area contributed by atoms with E-state index in [1.54, 1.807) is 12.1 Å². The summed E-state index contributed by atoms with van der Waals surface area (Å²) >= 11 is 0. The number of halogens is 3. The highest BCUT2D eigenvalue weighted by Gasteiger charge is 2.48. The lowest BCUT2D eigenvalue weighted by atomic mass is 9.91. The third-order valence-electron chi connectivity index (χ3n) is 5.99. The molecule has 11 heteroatoms. The molecule has 3 atom stereocenters. The largest absolute Gasteiger partial charge is 0.341 e. The van der Waals surface area contributed by atoms with Crippen LogP contribution in [0.5, 0.6) is 0 Å². The van der Waals surface area contributed by atoms with Crippen LogP contribution in [0.15, 0.2) is 48.5 Å². The van der Waals surface area contributed by atoms with Crippen molar-refractivity contribution >= 4 is 17.8 Å². The Morgan fingerprint density at radius 2 is 1.57 bits per heavy atom. The normalized spacial score (nSPS) is 13.8. The van der Waals surface area contributed by atoms with Crippen LogP contribution < -0.4 is 21.4 Å². The molecule has 204 valence electrons. The molecule has 2 aromatic carbocycles. The number of carbonyl (C=O) groups is 3. The molecule has 4 amide bonds. The second-order valence-corrected chi connectivity index (χ2v) is 8.58. The lowest BCUT2D eigenvalue weighted by Gasteiger charge is -2.36. The van der Waals surface area contributed by atoms with Crippen LogP contribution in [0.4, 0.5) is 18.0 Å².